The Labute approximate surface area is 206 Å². The van der Waals surface area contributed by atoms with Crippen molar-refractivity contribution in [1.29, 1.82) is 0 Å². The van der Waals surface area contributed by atoms with E-state index in [-0.39, 0.29) is 12.0 Å². The van der Waals surface area contributed by atoms with Crippen molar-refractivity contribution in [2.45, 2.75) is 11.9 Å². The molecule has 0 aromatic heterocycles. The van der Waals surface area contributed by atoms with Crippen LogP contribution in [0.2, 0.25) is 0 Å². The quantitative estimate of drug-likeness (QED) is 0.676. The van der Waals surface area contributed by atoms with E-state index in [1.807, 2.05) is 4.90 Å². The monoisotopic (exact) mass is 475 g/mol. The molecule has 35 heavy (non-hydrogen) atoms. The summed E-state index contributed by atoms with van der Waals surface area (Å²) in [7, 11) is 0. The molecule has 2 aromatic rings. The fourth-order valence-electron chi connectivity index (χ4n) is 5.62. The van der Waals surface area contributed by atoms with Crippen LogP contribution in [0.15, 0.2) is 48.5 Å². The standard InChI is InChI=1S/C28H33N3O4/c32-27(31-15-17-33-18-16-31)20-30-13-11-29(12-14-30)19-24-21-34-28(35-24)25-7-3-1-5-22(25)9-10-23-6-2-4-8-26(23)28/h1-10,24H,11-21H2. The SMILES string of the molecule is O=C(CN1CCN(CC2COC3(O2)c2ccccc2C=Cc2ccccc23)CC1)N1CCOCC1. The molecule has 3 aliphatic heterocycles. The number of hydrogen-bond acceptors (Lipinski definition) is 6. The number of morpholine rings is 1. The van der Waals surface area contributed by atoms with Crippen LogP contribution in [-0.2, 0) is 24.8 Å². The molecule has 2 aromatic carbocycles. The lowest BCUT2D eigenvalue weighted by atomic mass is 9.93. The van der Waals surface area contributed by atoms with Gasteiger partial charge in [-0.15, -0.1) is 0 Å². The Morgan fingerprint density at radius 2 is 1.43 bits per heavy atom. The van der Waals surface area contributed by atoms with Crippen LogP contribution in [0.5, 0.6) is 0 Å². The van der Waals surface area contributed by atoms with E-state index in [1.54, 1.807) is 0 Å². The molecule has 1 aliphatic carbocycles. The van der Waals surface area contributed by atoms with Crippen LogP contribution in [-0.4, -0.2) is 98.9 Å². The number of amides is 1. The number of carbonyl (C=O) groups excluding carboxylic acids is 1. The lowest BCUT2D eigenvalue weighted by Crippen LogP contribution is -2.52. The number of fused-ring (bicyclic) bond motifs is 4. The van der Waals surface area contributed by atoms with Gasteiger partial charge in [0.05, 0.1) is 32.5 Å². The van der Waals surface area contributed by atoms with Crippen LogP contribution in [0.25, 0.3) is 12.2 Å². The molecular weight excluding hydrogens is 442 g/mol. The van der Waals surface area contributed by atoms with Gasteiger partial charge in [-0.3, -0.25) is 14.6 Å². The average molecular weight is 476 g/mol. The van der Waals surface area contributed by atoms with Gasteiger partial charge >= 0.3 is 0 Å². The van der Waals surface area contributed by atoms with Crippen LogP contribution in [0.1, 0.15) is 22.3 Å². The maximum absolute atomic E-state index is 12.6. The highest BCUT2D eigenvalue weighted by molar-refractivity contribution is 5.78. The fourth-order valence-corrected chi connectivity index (χ4v) is 5.62. The zero-order chi connectivity index (χ0) is 23.7. The first-order valence-corrected chi connectivity index (χ1v) is 12.7. The van der Waals surface area contributed by atoms with E-state index < -0.39 is 5.79 Å². The van der Waals surface area contributed by atoms with E-state index in [4.69, 9.17) is 14.2 Å². The summed E-state index contributed by atoms with van der Waals surface area (Å²) in [5, 5.41) is 0. The van der Waals surface area contributed by atoms with Crippen LogP contribution in [0.3, 0.4) is 0 Å². The van der Waals surface area contributed by atoms with Crippen molar-refractivity contribution in [1.82, 2.24) is 14.7 Å². The predicted octanol–water partition coefficient (Wildman–Crippen LogP) is 2.26. The molecule has 3 fully saturated rings. The van der Waals surface area contributed by atoms with Crippen LogP contribution < -0.4 is 0 Å². The summed E-state index contributed by atoms with van der Waals surface area (Å²) in [6.45, 7) is 8.24. The minimum absolute atomic E-state index is 0.0178. The van der Waals surface area contributed by atoms with Gasteiger partial charge in [0, 0.05) is 56.9 Å². The Morgan fingerprint density at radius 1 is 0.829 bits per heavy atom. The number of hydrogen-bond donors (Lipinski definition) is 0. The molecule has 3 saturated heterocycles. The van der Waals surface area contributed by atoms with E-state index in [2.05, 4.69) is 70.5 Å². The third-order valence-electron chi connectivity index (χ3n) is 7.53. The number of ether oxygens (including phenoxy) is 3. The second-order valence-corrected chi connectivity index (χ2v) is 9.75. The van der Waals surface area contributed by atoms with E-state index in [1.165, 1.54) is 0 Å². The minimum Gasteiger partial charge on any atom is -0.378 e. The molecule has 1 unspecified atom stereocenters. The van der Waals surface area contributed by atoms with Crippen LogP contribution in [0, 0.1) is 0 Å². The molecule has 0 radical (unpaired) electrons. The highest BCUT2D eigenvalue weighted by atomic mass is 16.7. The summed E-state index contributed by atoms with van der Waals surface area (Å²) >= 11 is 0. The van der Waals surface area contributed by atoms with Crippen molar-refractivity contribution in [3.05, 3.63) is 70.8 Å². The summed E-state index contributed by atoms with van der Waals surface area (Å²) in [6, 6.07) is 16.7. The molecule has 1 atom stereocenters. The number of piperazine rings is 1. The van der Waals surface area contributed by atoms with Crippen molar-refractivity contribution < 1.29 is 19.0 Å². The fraction of sp³-hybridized carbons (Fsp3) is 0.464. The van der Waals surface area contributed by atoms with Crippen molar-refractivity contribution in [3.8, 4) is 0 Å². The average Bonchev–Trinajstić information content (AvgIpc) is 3.28. The number of carbonyl (C=O) groups is 1. The molecule has 1 amide bonds. The van der Waals surface area contributed by atoms with Gasteiger partial charge in [-0.1, -0.05) is 60.7 Å². The summed E-state index contributed by atoms with van der Waals surface area (Å²) in [5.74, 6) is -0.663. The van der Waals surface area contributed by atoms with E-state index in [9.17, 15) is 4.79 Å². The Hall–Kier alpha value is -2.55. The van der Waals surface area contributed by atoms with Crippen molar-refractivity contribution >= 4 is 18.1 Å². The summed E-state index contributed by atoms with van der Waals surface area (Å²) in [5.41, 5.74) is 4.39. The van der Waals surface area contributed by atoms with Crippen molar-refractivity contribution in [3.63, 3.8) is 0 Å². The van der Waals surface area contributed by atoms with Crippen LogP contribution >= 0.6 is 0 Å². The molecule has 4 aliphatic rings. The minimum atomic E-state index is -0.881. The second-order valence-electron chi connectivity index (χ2n) is 9.75. The number of nitrogens with zero attached hydrogens (tertiary/aromatic N) is 3. The van der Waals surface area contributed by atoms with Crippen LogP contribution in [0.4, 0.5) is 0 Å². The Morgan fingerprint density at radius 3 is 2.09 bits per heavy atom. The van der Waals surface area contributed by atoms with Gasteiger partial charge in [0.2, 0.25) is 11.7 Å². The molecule has 0 saturated carbocycles. The Balaban J connectivity index is 1.10. The molecule has 184 valence electrons. The summed E-state index contributed by atoms with van der Waals surface area (Å²) in [4.78, 5) is 19.2. The van der Waals surface area contributed by atoms with Gasteiger partial charge in [0.15, 0.2) is 0 Å². The first kappa shape index (κ1) is 22.9. The van der Waals surface area contributed by atoms with E-state index in [0.29, 0.717) is 39.5 Å². The normalized spacial score (nSPS) is 24.2. The largest absolute Gasteiger partial charge is 0.378 e. The van der Waals surface area contributed by atoms with Gasteiger partial charge in [-0.2, -0.15) is 0 Å². The Kier molecular flexibility index (Phi) is 6.43. The smallest absolute Gasteiger partial charge is 0.236 e. The van der Waals surface area contributed by atoms with Gasteiger partial charge < -0.3 is 19.1 Å². The molecule has 0 N–H and O–H groups in total. The van der Waals surface area contributed by atoms with E-state index in [0.717, 1.165) is 55.0 Å². The molecule has 7 nitrogen and oxygen atoms in total. The Bertz CT molecular complexity index is 1040. The third-order valence-corrected chi connectivity index (χ3v) is 7.53. The van der Waals surface area contributed by atoms with Gasteiger partial charge in [0.25, 0.3) is 0 Å². The topological polar surface area (TPSA) is 54.5 Å². The molecular formula is C28H33N3O4. The van der Waals surface area contributed by atoms with E-state index >= 15 is 0 Å². The second kappa shape index (κ2) is 9.84. The molecule has 0 bridgehead atoms. The first-order chi connectivity index (χ1) is 17.2. The third kappa shape index (κ3) is 4.55. The van der Waals surface area contributed by atoms with Gasteiger partial charge in [-0.25, -0.2) is 0 Å². The molecule has 1 spiro atoms. The lowest BCUT2D eigenvalue weighted by molar-refractivity contribution is -0.145. The molecule has 7 heteroatoms. The van der Waals surface area contributed by atoms with Crippen molar-refractivity contribution in [2.24, 2.45) is 0 Å². The zero-order valence-corrected chi connectivity index (χ0v) is 20.1. The van der Waals surface area contributed by atoms with Gasteiger partial charge in [-0.05, 0) is 11.1 Å². The summed E-state index contributed by atoms with van der Waals surface area (Å²) < 4.78 is 18.7. The highest BCUT2D eigenvalue weighted by Crippen LogP contribution is 2.45. The highest BCUT2D eigenvalue weighted by Gasteiger charge is 2.47. The zero-order valence-electron chi connectivity index (χ0n) is 20.1. The number of benzene rings is 2. The molecule has 6 rings (SSSR count). The van der Waals surface area contributed by atoms with Gasteiger partial charge in [0.1, 0.15) is 0 Å². The first-order valence-electron chi connectivity index (χ1n) is 12.7. The maximum Gasteiger partial charge on any atom is 0.236 e. The maximum atomic E-state index is 12.6. The summed E-state index contributed by atoms with van der Waals surface area (Å²) in [6.07, 6.45) is 4.29. The lowest BCUT2D eigenvalue weighted by Gasteiger charge is -2.37. The number of rotatable bonds is 4. The van der Waals surface area contributed by atoms with Crippen molar-refractivity contribution in [2.75, 3.05) is 72.2 Å². The molecule has 3 heterocycles. The predicted molar refractivity (Wildman–Crippen MR) is 134 cm³/mol.